The van der Waals surface area contributed by atoms with Crippen molar-refractivity contribution in [1.82, 2.24) is 14.7 Å². The molecule has 3 heterocycles. The molecule has 2 saturated heterocycles. The molecule has 7 nitrogen and oxygen atoms in total. The van der Waals surface area contributed by atoms with E-state index >= 15 is 0 Å². The molecule has 3 aliphatic heterocycles. The molecule has 0 bridgehead atoms. The molecule has 0 saturated carbocycles. The first-order chi connectivity index (χ1) is 14.9. The van der Waals surface area contributed by atoms with Gasteiger partial charge in [0.2, 0.25) is 11.8 Å². The van der Waals surface area contributed by atoms with Gasteiger partial charge < -0.3 is 19.6 Å². The lowest BCUT2D eigenvalue weighted by Crippen LogP contribution is -2.61. The van der Waals surface area contributed by atoms with Crippen LogP contribution in [0.25, 0.3) is 0 Å². The van der Waals surface area contributed by atoms with Crippen LogP contribution in [0.15, 0.2) is 24.3 Å². The molecule has 7 heteroatoms. The van der Waals surface area contributed by atoms with E-state index in [1.165, 1.54) is 0 Å². The molecule has 2 amide bonds. The molecule has 0 radical (unpaired) electrons. The van der Waals surface area contributed by atoms with E-state index in [0.29, 0.717) is 52.3 Å². The molecule has 3 aliphatic rings. The van der Waals surface area contributed by atoms with Crippen molar-refractivity contribution in [2.45, 2.75) is 45.8 Å². The smallest absolute Gasteiger partial charge is 0.236 e. The second kappa shape index (κ2) is 9.17. The molecule has 1 aromatic rings. The van der Waals surface area contributed by atoms with Crippen molar-refractivity contribution in [2.75, 3.05) is 45.9 Å². The van der Waals surface area contributed by atoms with Crippen molar-refractivity contribution in [3.05, 3.63) is 29.8 Å². The van der Waals surface area contributed by atoms with Crippen LogP contribution >= 0.6 is 0 Å². The number of carbonyl (C=O) groups is 2. The standard InChI is InChI=1S/C24H35N3O4/c1-18(2)23(30)27-10-5-9-24(17-27)16-26(11-8-21(24)28)22(29)15-25-12-13-31-20-7-4-3-6-19(20)14-25/h3-4,6-7,18,21,28H,5,8-17H2,1-2H3/t21-,24-/m0/s1. The van der Waals surface area contributed by atoms with Gasteiger partial charge in [-0.1, -0.05) is 32.0 Å². The summed E-state index contributed by atoms with van der Waals surface area (Å²) in [5.74, 6) is 1.08. The number of nitrogens with zero attached hydrogens (tertiary/aromatic N) is 3. The maximum Gasteiger partial charge on any atom is 0.236 e. The Morgan fingerprint density at radius 3 is 2.74 bits per heavy atom. The third-order valence-corrected chi connectivity index (χ3v) is 7.04. The molecule has 2 fully saturated rings. The number of piperidine rings is 2. The molecule has 170 valence electrons. The molecule has 0 aromatic heterocycles. The Balaban J connectivity index is 1.42. The van der Waals surface area contributed by atoms with Gasteiger partial charge in [0, 0.05) is 56.2 Å². The fraction of sp³-hybridized carbons (Fsp3) is 0.667. The molecule has 0 unspecified atom stereocenters. The fourth-order valence-corrected chi connectivity index (χ4v) is 5.28. The van der Waals surface area contributed by atoms with Crippen LogP contribution in [0.5, 0.6) is 5.75 Å². The normalized spacial score (nSPS) is 27.0. The number of amides is 2. The summed E-state index contributed by atoms with van der Waals surface area (Å²) >= 11 is 0. The average molecular weight is 430 g/mol. The zero-order valence-corrected chi connectivity index (χ0v) is 18.8. The summed E-state index contributed by atoms with van der Waals surface area (Å²) in [5.41, 5.74) is 0.694. The summed E-state index contributed by atoms with van der Waals surface area (Å²) in [6, 6.07) is 7.99. The molecule has 1 N–H and O–H groups in total. The first-order valence-electron chi connectivity index (χ1n) is 11.6. The minimum absolute atomic E-state index is 0.0539. The van der Waals surface area contributed by atoms with E-state index in [1.54, 1.807) is 0 Å². The Kier molecular flexibility index (Phi) is 6.53. The number of benzene rings is 1. The predicted molar refractivity (Wildman–Crippen MR) is 118 cm³/mol. The van der Waals surface area contributed by atoms with Gasteiger partial charge in [0.05, 0.1) is 12.6 Å². The van der Waals surface area contributed by atoms with Crippen molar-refractivity contribution < 1.29 is 19.4 Å². The molecule has 1 aromatic carbocycles. The van der Waals surface area contributed by atoms with Crippen molar-refractivity contribution in [1.29, 1.82) is 0 Å². The van der Waals surface area contributed by atoms with Crippen molar-refractivity contribution >= 4 is 11.8 Å². The lowest BCUT2D eigenvalue weighted by Gasteiger charge is -2.51. The molecular weight excluding hydrogens is 394 g/mol. The number of carbonyl (C=O) groups excluding carboxylic acids is 2. The van der Waals surface area contributed by atoms with E-state index in [0.717, 1.165) is 30.7 Å². The lowest BCUT2D eigenvalue weighted by atomic mass is 9.71. The van der Waals surface area contributed by atoms with E-state index in [4.69, 9.17) is 4.74 Å². The van der Waals surface area contributed by atoms with Gasteiger partial charge in [0.15, 0.2) is 0 Å². The Morgan fingerprint density at radius 2 is 1.94 bits per heavy atom. The van der Waals surface area contributed by atoms with Gasteiger partial charge in [-0.3, -0.25) is 14.5 Å². The minimum Gasteiger partial charge on any atom is -0.492 e. The Bertz CT molecular complexity index is 814. The highest BCUT2D eigenvalue weighted by atomic mass is 16.5. The van der Waals surface area contributed by atoms with Crippen LogP contribution in [0.3, 0.4) is 0 Å². The maximum absolute atomic E-state index is 13.2. The van der Waals surface area contributed by atoms with Crippen LogP contribution in [-0.2, 0) is 16.1 Å². The fourth-order valence-electron chi connectivity index (χ4n) is 5.28. The van der Waals surface area contributed by atoms with Crippen molar-refractivity contribution in [3.8, 4) is 5.75 Å². The minimum atomic E-state index is -0.474. The molecule has 0 aliphatic carbocycles. The van der Waals surface area contributed by atoms with Gasteiger partial charge >= 0.3 is 0 Å². The van der Waals surface area contributed by atoms with E-state index in [9.17, 15) is 14.7 Å². The van der Waals surface area contributed by atoms with Gasteiger partial charge in [0.1, 0.15) is 12.4 Å². The number of rotatable bonds is 3. The summed E-state index contributed by atoms with van der Waals surface area (Å²) in [6.45, 7) is 8.53. The number of ether oxygens (including phenoxy) is 1. The number of aliphatic hydroxyl groups is 1. The highest BCUT2D eigenvalue weighted by molar-refractivity contribution is 5.79. The van der Waals surface area contributed by atoms with E-state index in [-0.39, 0.29) is 17.7 Å². The van der Waals surface area contributed by atoms with Crippen molar-refractivity contribution in [3.63, 3.8) is 0 Å². The molecule has 2 atom stereocenters. The highest BCUT2D eigenvalue weighted by Gasteiger charge is 2.47. The summed E-state index contributed by atoms with van der Waals surface area (Å²) in [4.78, 5) is 31.8. The zero-order chi connectivity index (χ0) is 22.0. The zero-order valence-electron chi connectivity index (χ0n) is 18.8. The quantitative estimate of drug-likeness (QED) is 0.792. The molecule has 31 heavy (non-hydrogen) atoms. The van der Waals surface area contributed by atoms with Crippen LogP contribution in [0.2, 0.25) is 0 Å². The third-order valence-electron chi connectivity index (χ3n) is 7.04. The first kappa shape index (κ1) is 22.1. The number of likely N-dealkylation sites (tertiary alicyclic amines) is 2. The van der Waals surface area contributed by atoms with E-state index < -0.39 is 11.5 Å². The van der Waals surface area contributed by atoms with Gasteiger partial charge in [-0.05, 0) is 25.3 Å². The van der Waals surface area contributed by atoms with Gasteiger partial charge in [-0.15, -0.1) is 0 Å². The largest absolute Gasteiger partial charge is 0.492 e. The van der Waals surface area contributed by atoms with E-state index in [1.807, 2.05) is 47.9 Å². The van der Waals surface area contributed by atoms with Crippen LogP contribution in [0.1, 0.15) is 38.7 Å². The van der Waals surface area contributed by atoms with Gasteiger partial charge in [0.25, 0.3) is 0 Å². The maximum atomic E-state index is 13.2. The summed E-state index contributed by atoms with van der Waals surface area (Å²) in [5, 5.41) is 10.9. The third kappa shape index (κ3) is 4.72. The monoisotopic (exact) mass is 429 g/mol. The Hall–Kier alpha value is -2.12. The Morgan fingerprint density at radius 1 is 1.16 bits per heavy atom. The first-order valence-corrected chi connectivity index (χ1v) is 11.6. The Labute approximate surface area is 184 Å². The number of hydrogen-bond donors (Lipinski definition) is 1. The van der Waals surface area contributed by atoms with Crippen LogP contribution in [0, 0.1) is 11.3 Å². The molecule has 4 rings (SSSR count). The van der Waals surface area contributed by atoms with Crippen LogP contribution in [-0.4, -0.2) is 83.6 Å². The van der Waals surface area contributed by atoms with Gasteiger partial charge in [-0.2, -0.15) is 0 Å². The van der Waals surface area contributed by atoms with Crippen LogP contribution < -0.4 is 4.74 Å². The van der Waals surface area contributed by atoms with Crippen molar-refractivity contribution in [2.24, 2.45) is 11.3 Å². The van der Waals surface area contributed by atoms with Crippen LogP contribution in [0.4, 0.5) is 0 Å². The van der Waals surface area contributed by atoms with E-state index in [2.05, 4.69) is 4.90 Å². The SMILES string of the molecule is CC(C)C(=O)N1CCC[C@]2(CN(C(=O)CN3CCOc4ccccc4C3)CC[C@@H]2O)C1. The van der Waals surface area contributed by atoms with Gasteiger partial charge in [-0.25, -0.2) is 0 Å². The summed E-state index contributed by atoms with van der Waals surface area (Å²) in [6.07, 6.45) is 1.82. The summed E-state index contributed by atoms with van der Waals surface area (Å²) < 4.78 is 5.83. The number of fused-ring (bicyclic) bond motifs is 1. The lowest BCUT2D eigenvalue weighted by molar-refractivity contribution is -0.151. The summed E-state index contributed by atoms with van der Waals surface area (Å²) in [7, 11) is 0. The average Bonchev–Trinajstić information content (AvgIpc) is 2.97. The highest BCUT2D eigenvalue weighted by Crippen LogP contribution is 2.39. The second-order valence-electron chi connectivity index (χ2n) is 9.67. The number of hydrogen-bond acceptors (Lipinski definition) is 5. The number of para-hydroxylation sites is 1. The molecular formula is C24H35N3O4. The number of aliphatic hydroxyl groups excluding tert-OH is 1. The second-order valence-corrected chi connectivity index (χ2v) is 9.67. The predicted octanol–water partition coefficient (Wildman–Crippen LogP) is 1.74. The topological polar surface area (TPSA) is 73.3 Å². The molecule has 1 spiro atoms.